The normalized spacial score (nSPS) is 16.4. The number of hydrogen-bond acceptors (Lipinski definition) is 13. The third-order valence-corrected chi connectivity index (χ3v) is 10.0. The van der Waals surface area contributed by atoms with Crippen LogP contribution in [-0.4, -0.2) is 122 Å². The van der Waals surface area contributed by atoms with Gasteiger partial charge >= 0.3 is 0 Å². The smallest absolute Gasteiger partial charge is 0.243 e. The van der Waals surface area contributed by atoms with Gasteiger partial charge in [0.25, 0.3) is 0 Å². The predicted octanol–water partition coefficient (Wildman–Crippen LogP) is 0.612. The van der Waals surface area contributed by atoms with Crippen molar-refractivity contribution in [1.82, 2.24) is 37.2 Å². The zero-order chi connectivity index (χ0) is 45.2. The van der Waals surface area contributed by atoms with Gasteiger partial charge in [-0.05, 0) is 123 Å². The van der Waals surface area contributed by atoms with Gasteiger partial charge in [-0.3, -0.25) is 28.8 Å². The molecule has 0 aromatic heterocycles. The molecule has 4 amide bonds. The van der Waals surface area contributed by atoms with Crippen LogP contribution in [0.15, 0.2) is 11.3 Å². The second-order valence-electron chi connectivity index (χ2n) is 16.3. The van der Waals surface area contributed by atoms with Crippen LogP contribution in [0.2, 0.25) is 0 Å². The number of aldehydes is 1. The lowest BCUT2D eigenvalue weighted by Crippen LogP contribution is -2.56. The Morgan fingerprint density at radius 3 is 1.75 bits per heavy atom. The Bertz CT molecular complexity index is 1350. The van der Waals surface area contributed by atoms with Crippen LogP contribution in [0.1, 0.15) is 127 Å². The van der Waals surface area contributed by atoms with Gasteiger partial charge in [-0.1, -0.05) is 41.5 Å². The molecule has 17 heteroatoms. The molecule has 0 aromatic carbocycles. The summed E-state index contributed by atoms with van der Waals surface area (Å²) in [6.45, 7) is 17.8. The molecule has 0 saturated heterocycles. The number of ketones is 2. The van der Waals surface area contributed by atoms with Crippen molar-refractivity contribution in [2.24, 2.45) is 23.3 Å². The highest BCUT2D eigenvalue weighted by Crippen LogP contribution is 2.29. The topological polar surface area (TPSA) is 276 Å². The molecule has 59 heavy (non-hydrogen) atoms. The molecule has 12 N–H and O–H groups in total. The summed E-state index contributed by atoms with van der Waals surface area (Å²) in [5.74, 6) is -1.77. The highest BCUT2D eigenvalue weighted by Gasteiger charge is 2.31. The molecule has 0 aromatic rings. The number of likely N-dealkylation sites (N-methyl/N-ethyl adjacent to an activating group) is 2. The average molecular weight is 838 g/mol. The van der Waals surface area contributed by atoms with Crippen LogP contribution < -0.4 is 48.7 Å². The first-order valence-corrected chi connectivity index (χ1v) is 21.5. The van der Waals surface area contributed by atoms with Crippen LogP contribution in [0.5, 0.6) is 0 Å². The second kappa shape index (κ2) is 30.3. The largest absolute Gasteiger partial charge is 0.391 e. The van der Waals surface area contributed by atoms with E-state index >= 15 is 0 Å². The lowest BCUT2D eigenvalue weighted by molar-refractivity contribution is -0.134. The van der Waals surface area contributed by atoms with Crippen molar-refractivity contribution in [3.8, 4) is 0 Å². The van der Waals surface area contributed by atoms with E-state index in [1.54, 1.807) is 14.0 Å². The van der Waals surface area contributed by atoms with E-state index in [-0.39, 0.29) is 67.8 Å². The van der Waals surface area contributed by atoms with Gasteiger partial charge in [-0.25, -0.2) is 0 Å². The van der Waals surface area contributed by atoms with E-state index < -0.39 is 60.5 Å². The molecule has 340 valence electrons. The minimum absolute atomic E-state index is 0.00319. The van der Waals surface area contributed by atoms with Crippen LogP contribution in [0.3, 0.4) is 0 Å². The number of aliphatic hydroxyl groups excluding tert-OH is 1. The second-order valence-corrected chi connectivity index (χ2v) is 16.3. The molecule has 0 spiro atoms. The summed E-state index contributed by atoms with van der Waals surface area (Å²) in [4.78, 5) is 88.1. The maximum absolute atomic E-state index is 13.5. The molecule has 5 unspecified atom stereocenters. The van der Waals surface area contributed by atoms with Crippen LogP contribution in [-0.2, 0) is 33.6 Å². The van der Waals surface area contributed by atoms with Gasteiger partial charge in [0, 0.05) is 5.70 Å². The molecule has 1 aliphatic rings. The van der Waals surface area contributed by atoms with Crippen molar-refractivity contribution < 1.29 is 38.7 Å². The summed E-state index contributed by atoms with van der Waals surface area (Å²) in [6.07, 6.45) is 4.97. The molecular formula is C42H79N9O8. The lowest BCUT2D eigenvalue weighted by Gasteiger charge is -2.31. The predicted molar refractivity (Wildman–Crippen MR) is 231 cm³/mol. The number of rotatable bonds is 29. The highest BCUT2D eigenvalue weighted by atomic mass is 16.3. The average Bonchev–Trinajstić information content (AvgIpc) is 3.13. The van der Waals surface area contributed by atoms with Crippen molar-refractivity contribution in [3.63, 3.8) is 0 Å². The molecule has 0 radical (unpaired) electrons. The third-order valence-electron chi connectivity index (χ3n) is 10.0. The van der Waals surface area contributed by atoms with Gasteiger partial charge in [0.2, 0.25) is 23.6 Å². The standard InChI is InChI=1S/C36H66N8O6.C6H13NO2/c1-8-27(43-33(25-11-10-12-25)24(7)40-34(48)28(39-9-2)14-13-22(3)4)31(46)20-32(47)42-30(19-23(5)6)36(50)44-29(16-18-38)35(49)41-26(21-45)15-17-37;1-4(8)6(7-3)5(2)9/h21-24,26-30,39,43H,8-20,37-38H2,1-7H3,(H,40,48)(H,41,49)(H,42,47)(H,44,50);4,6-8H,1-3H3/t24?,26?,27-,28+,29+,30?;/m1./s1. The summed E-state index contributed by atoms with van der Waals surface area (Å²) < 4.78 is 0. The maximum atomic E-state index is 13.5. The monoisotopic (exact) mass is 838 g/mol. The number of Topliss-reactive ketones (excluding diaryl/α,β-unsaturated/α-hetero) is 2. The van der Waals surface area contributed by atoms with Crippen molar-refractivity contribution in [1.29, 1.82) is 0 Å². The van der Waals surface area contributed by atoms with Gasteiger partial charge in [-0.15, -0.1) is 0 Å². The summed E-state index contributed by atoms with van der Waals surface area (Å²) in [5, 5.41) is 29.3. The van der Waals surface area contributed by atoms with Crippen LogP contribution in [0, 0.1) is 11.8 Å². The molecule has 0 bridgehead atoms. The summed E-state index contributed by atoms with van der Waals surface area (Å²) in [7, 11) is 1.65. The number of aliphatic hydroxyl groups is 1. The van der Waals surface area contributed by atoms with Crippen molar-refractivity contribution in [2.45, 2.75) is 175 Å². The Morgan fingerprint density at radius 2 is 1.32 bits per heavy atom. The van der Waals surface area contributed by atoms with E-state index in [1.807, 2.05) is 34.6 Å². The van der Waals surface area contributed by atoms with Gasteiger partial charge in [-0.2, -0.15) is 0 Å². The Labute approximate surface area is 352 Å². The van der Waals surface area contributed by atoms with E-state index in [4.69, 9.17) is 16.6 Å². The number of hydrogen-bond donors (Lipinski definition) is 10. The van der Waals surface area contributed by atoms with E-state index in [1.165, 1.54) is 6.92 Å². The van der Waals surface area contributed by atoms with E-state index in [2.05, 4.69) is 51.1 Å². The summed E-state index contributed by atoms with van der Waals surface area (Å²) in [5.41, 5.74) is 13.2. The zero-order valence-electron chi connectivity index (χ0n) is 37.5. The number of nitrogens with two attached hydrogens (primary N) is 2. The fourth-order valence-corrected chi connectivity index (χ4v) is 6.57. The molecule has 8 atom stereocenters. The molecule has 0 heterocycles. The molecule has 1 aliphatic carbocycles. The number of nitrogens with one attached hydrogen (secondary N) is 7. The Hall–Kier alpha value is -3.77. The maximum Gasteiger partial charge on any atom is 0.243 e. The number of amides is 4. The number of carbonyl (C=O) groups excluding carboxylic acids is 7. The minimum Gasteiger partial charge on any atom is -0.391 e. The molecule has 1 rings (SSSR count). The third kappa shape index (κ3) is 21.9. The molecule has 1 saturated carbocycles. The Kier molecular flexibility index (Phi) is 28.3. The first-order valence-electron chi connectivity index (χ1n) is 21.5. The lowest BCUT2D eigenvalue weighted by atomic mass is 9.88. The molecule has 17 nitrogen and oxygen atoms in total. The van der Waals surface area contributed by atoms with E-state index in [9.17, 15) is 33.6 Å². The Morgan fingerprint density at radius 1 is 0.729 bits per heavy atom. The Balaban J connectivity index is 0.00000332. The van der Waals surface area contributed by atoms with Crippen molar-refractivity contribution in [2.75, 3.05) is 26.7 Å². The van der Waals surface area contributed by atoms with Crippen LogP contribution in [0.25, 0.3) is 0 Å². The quantitative estimate of drug-likeness (QED) is 0.0366. The van der Waals surface area contributed by atoms with Gasteiger partial charge in [0.1, 0.15) is 24.2 Å². The van der Waals surface area contributed by atoms with Gasteiger partial charge < -0.3 is 58.6 Å². The van der Waals surface area contributed by atoms with Crippen LogP contribution >= 0.6 is 0 Å². The van der Waals surface area contributed by atoms with Crippen LogP contribution in [0.4, 0.5) is 0 Å². The first-order chi connectivity index (χ1) is 27.8. The summed E-state index contributed by atoms with van der Waals surface area (Å²) in [6, 6.07) is -4.60. The zero-order valence-corrected chi connectivity index (χ0v) is 37.5. The fourth-order valence-electron chi connectivity index (χ4n) is 6.57. The minimum atomic E-state index is -1.03. The number of carbonyl (C=O) groups is 7. The SMILES string of the molecule is CCN[C@@H](CCC(C)C)C(=O)NC(C)C(N[C@H](CC)C(=O)CC(=O)NC(CC(C)C)C(=O)N[C@@H](CCN)C(=O)NC(C=O)CCN)=C1CCC1.CNC(C(C)=O)C(C)O. The number of allylic oxidation sites excluding steroid dienone is 1. The van der Waals surface area contributed by atoms with Gasteiger partial charge in [0.15, 0.2) is 5.78 Å². The molecule has 0 aliphatic heterocycles. The van der Waals surface area contributed by atoms with Crippen molar-refractivity contribution >= 4 is 41.5 Å². The molecular weight excluding hydrogens is 759 g/mol. The molecule has 1 fully saturated rings. The van der Waals surface area contributed by atoms with Crippen molar-refractivity contribution in [3.05, 3.63) is 11.3 Å². The fraction of sp³-hybridized carbons (Fsp3) is 0.786. The highest BCUT2D eigenvalue weighted by molar-refractivity contribution is 6.02. The summed E-state index contributed by atoms with van der Waals surface area (Å²) >= 11 is 0. The first kappa shape index (κ1) is 55.2. The van der Waals surface area contributed by atoms with E-state index in [0.717, 1.165) is 43.4 Å². The van der Waals surface area contributed by atoms with E-state index in [0.29, 0.717) is 25.2 Å². The van der Waals surface area contributed by atoms with Gasteiger partial charge in [0.05, 0.1) is 42.7 Å².